The predicted molar refractivity (Wildman–Crippen MR) is 75.2 cm³/mol. The summed E-state index contributed by atoms with van der Waals surface area (Å²) in [4.78, 5) is 12.7. The number of aliphatic hydroxyl groups excluding tert-OH is 1. The number of rotatable bonds is 9. The molecule has 0 amide bonds. The molecule has 0 aliphatic carbocycles. The molecule has 0 fully saturated rings. The molecule has 0 aliphatic heterocycles. The molecule has 1 aromatic carbocycles. The summed E-state index contributed by atoms with van der Waals surface area (Å²) < 4.78 is 0. The van der Waals surface area contributed by atoms with E-state index in [0.29, 0.717) is 6.42 Å². The van der Waals surface area contributed by atoms with Crippen LogP contribution in [0, 0.1) is 10.1 Å². The third kappa shape index (κ3) is 5.81. The van der Waals surface area contributed by atoms with E-state index < -0.39 is 0 Å². The normalized spacial score (nSPS) is 10.9. The molecule has 0 atom stereocenters. The lowest BCUT2D eigenvalue weighted by atomic mass is 10.1. The van der Waals surface area contributed by atoms with Gasteiger partial charge in [-0.1, -0.05) is 18.2 Å². The van der Waals surface area contributed by atoms with Crippen molar-refractivity contribution in [1.82, 2.24) is 4.90 Å². The van der Waals surface area contributed by atoms with Crippen LogP contribution in [-0.2, 0) is 6.42 Å². The first kappa shape index (κ1) is 15.6. The molecule has 0 radical (unpaired) electrons. The van der Waals surface area contributed by atoms with Crippen LogP contribution < -0.4 is 0 Å². The molecule has 0 unspecified atom stereocenters. The van der Waals surface area contributed by atoms with Gasteiger partial charge in [-0.25, -0.2) is 0 Å². The Kier molecular flexibility index (Phi) is 7.07. The summed E-state index contributed by atoms with van der Waals surface area (Å²) in [6.07, 6.45) is 3.60. The number of unbranched alkanes of at least 4 members (excludes halogenated alkanes) is 2. The van der Waals surface area contributed by atoms with Crippen LogP contribution in [0.5, 0.6) is 0 Å². The highest BCUT2D eigenvalue weighted by atomic mass is 16.6. The van der Waals surface area contributed by atoms with Crippen LogP contribution in [0.25, 0.3) is 0 Å². The molecular formula is C14H22N2O3. The highest BCUT2D eigenvalue weighted by Crippen LogP contribution is 2.18. The molecule has 0 aromatic heterocycles. The molecule has 0 saturated heterocycles. The zero-order valence-corrected chi connectivity index (χ0v) is 11.4. The van der Waals surface area contributed by atoms with Gasteiger partial charge < -0.3 is 10.0 Å². The van der Waals surface area contributed by atoms with E-state index >= 15 is 0 Å². The van der Waals surface area contributed by atoms with Crippen LogP contribution in [-0.4, -0.2) is 41.7 Å². The van der Waals surface area contributed by atoms with Crippen molar-refractivity contribution in [1.29, 1.82) is 0 Å². The summed E-state index contributed by atoms with van der Waals surface area (Å²) in [6.45, 7) is 2.02. The molecule has 5 heteroatoms. The summed E-state index contributed by atoms with van der Waals surface area (Å²) in [7, 11) is 2.02. The van der Waals surface area contributed by atoms with E-state index in [1.165, 1.54) is 0 Å². The number of hydrogen-bond acceptors (Lipinski definition) is 4. The largest absolute Gasteiger partial charge is 0.396 e. The van der Waals surface area contributed by atoms with Gasteiger partial charge in [-0.3, -0.25) is 10.1 Å². The molecule has 1 N–H and O–H groups in total. The van der Waals surface area contributed by atoms with Crippen molar-refractivity contribution in [3.63, 3.8) is 0 Å². The van der Waals surface area contributed by atoms with Gasteiger partial charge in [0.05, 0.1) is 4.92 Å². The third-order valence-electron chi connectivity index (χ3n) is 3.15. The molecule has 0 saturated carbocycles. The van der Waals surface area contributed by atoms with E-state index in [9.17, 15) is 10.1 Å². The first-order valence-electron chi connectivity index (χ1n) is 6.67. The molecule has 1 rings (SSSR count). The monoisotopic (exact) mass is 266 g/mol. The van der Waals surface area contributed by atoms with E-state index in [0.717, 1.165) is 37.9 Å². The number of nitro groups is 1. The van der Waals surface area contributed by atoms with E-state index in [1.54, 1.807) is 12.1 Å². The van der Waals surface area contributed by atoms with Gasteiger partial charge in [-0.15, -0.1) is 0 Å². The second-order valence-electron chi connectivity index (χ2n) is 4.72. The average molecular weight is 266 g/mol. The minimum atomic E-state index is -0.323. The number of benzene rings is 1. The highest BCUT2D eigenvalue weighted by Gasteiger charge is 2.12. The maximum absolute atomic E-state index is 10.9. The minimum absolute atomic E-state index is 0.205. The summed E-state index contributed by atoms with van der Waals surface area (Å²) >= 11 is 0. The Morgan fingerprint density at radius 1 is 1.21 bits per heavy atom. The van der Waals surface area contributed by atoms with Crippen molar-refractivity contribution in [3.8, 4) is 0 Å². The number of nitro benzene ring substituents is 1. The Labute approximate surface area is 114 Å². The second-order valence-corrected chi connectivity index (χ2v) is 4.72. The lowest BCUT2D eigenvalue weighted by Gasteiger charge is -2.16. The molecule has 0 bridgehead atoms. The molecule has 19 heavy (non-hydrogen) atoms. The van der Waals surface area contributed by atoms with E-state index in [-0.39, 0.29) is 17.2 Å². The van der Waals surface area contributed by atoms with E-state index in [1.807, 2.05) is 19.2 Å². The van der Waals surface area contributed by atoms with Gasteiger partial charge in [0, 0.05) is 24.8 Å². The van der Waals surface area contributed by atoms with Crippen molar-refractivity contribution in [2.75, 3.05) is 26.7 Å². The SMILES string of the molecule is CN(CCCCCO)CCc1ccccc1[N+](=O)[O-]. The fraction of sp³-hybridized carbons (Fsp3) is 0.571. The van der Waals surface area contributed by atoms with Gasteiger partial charge in [-0.05, 0) is 39.3 Å². The number of para-hydroxylation sites is 1. The van der Waals surface area contributed by atoms with Crippen molar-refractivity contribution < 1.29 is 10.0 Å². The summed E-state index contributed by atoms with van der Waals surface area (Å²) in [5.74, 6) is 0. The average Bonchev–Trinajstić information content (AvgIpc) is 2.41. The smallest absolute Gasteiger partial charge is 0.272 e. The quantitative estimate of drug-likeness (QED) is 0.423. The van der Waals surface area contributed by atoms with Crippen LogP contribution in [0.1, 0.15) is 24.8 Å². The standard InChI is InChI=1S/C14H22N2O3/c1-15(10-5-2-6-12-17)11-9-13-7-3-4-8-14(13)16(18)19/h3-4,7-8,17H,2,5-6,9-12H2,1H3. The van der Waals surface area contributed by atoms with Crippen LogP contribution in [0.2, 0.25) is 0 Å². The Balaban J connectivity index is 2.37. The van der Waals surface area contributed by atoms with Crippen molar-refractivity contribution in [2.24, 2.45) is 0 Å². The molecule has 0 aliphatic rings. The first-order chi connectivity index (χ1) is 9.15. The Hall–Kier alpha value is -1.46. The lowest BCUT2D eigenvalue weighted by molar-refractivity contribution is -0.385. The van der Waals surface area contributed by atoms with E-state index in [4.69, 9.17) is 5.11 Å². The van der Waals surface area contributed by atoms with Crippen molar-refractivity contribution in [3.05, 3.63) is 39.9 Å². The van der Waals surface area contributed by atoms with Crippen LogP contribution >= 0.6 is 0 Å². The molecule has 0 heterocycles. The maximum atomic E-state index is 10.9. The lowest BCUT2D eigenvalue weighted by Crippen LogP contribution is -2.22. The summed E-state index contributed by atoms with van der Waals surface area (Å²) in [6, 6.07) is 6.90. The van der Waals surface area contributed by atoms with Crippen LogP contribution in [0.4, 0.5) is 5.69 Å². The Morgan fingerprint density at radius 2 is 1.95 bits per heavy atom. The number of aliphatic hydroxyl groups is 1. The molecular weight excluding hydrogens is 244 g/mol. The highest BCUT2D eigenvalue weighted by molar-refractivity contribution is 5.39. The molecule has 106 valence electrons. The summed E-state index contributed by atoms with van der Waals surface area (Å²) in [5, 5.41) is 19.6. The fourth-order valence-electron chi connectivity index (χ4n) is 1.99. The first-order valence-corrected chi connectivity index (χ1v) is 6.67. The molecule has 1 aromatic rings. The minimum Gasteiger partial charge on any atom is -0.396 e. The maximum Gasteiger partial charge on any atom is 0.272 e. The van der Waals surface area contributed by atoms with Crippen molar-refractivity contribution in [2.45, 2.75) is 25.7 Å². The topological polar surface area (TPSA) is 66.6 Å². The van der Waals surface area contributed by atoms with Gasteiger partial charge in [0.2, 0.25) is 0 Å². The zero-order valence-electron chi connectivity index (χ0n) is 11.4. The molecule has 5 nitrogen and oxygen atoms in total. The van der Waals surface area contributed by atoms with Gasteiger partial charge in [0.25, 0.3) is 5.69 Å². The van der Waals surface area contributed by atoms with E-state index in [2.05, 4.69) is 4.90 Å². The van der Waals surface area contributed by atoms with Crippen LogP contribution in [0.3, 0.4) is 0 Å². The predicted octanol–water partition coefficient (Wildman–Crippen LogP) is 2.23. The fourth-order valence-corrected chi connectivity index (χ4v) is 1.99. The van der Waals surface area contributed by atoms with Gasteiger partial charge in [0.15, 0.2) is 0 Å². The van der Waals surface area contributed by atoms with Gasteiger partial charge >= 0.3 is 0 Å². The third-order valence-corrected chi connectivity index (χ3v) is 3.15. The zero-order chi connectivity index (χ0) is 14.1. The summed E-state index contributed by atoms with van der Waals surface area (Å²) in [5.41, 5.74) is 0.992. The number of likely N-dealkylation sites (N-methyl/N-ethyl adjacent to an activating group) is 1. The van der Waals surface area contributed by atoms with Gasteiger partial charge in [0.1, 0.15) is 0 Å². The van der Waals surface area contributed by atoms with Crippen molar-refractivity contribution >= 4 is 5.69 Å². The van der Waals surface area contributed by atoms with Gasteiger partial charge in [-0.2, -0.15) is 0 Å². The Morgan fingerprint density at radius 3 is 2.63 bits per heavy atom. The molecule has 0 spiro atoms. The second kappa shape index (κ2) is 8.61. The number of hydrogen-bond donors (Lipinski definition) is 1. The Bertz CT molecular complexity index is 396. The van der Waals surface area contributed by atoms with Crippen LogP contribution in [0.15, 0.2) is 24.3 Å². The number of nitrogens with zero attached hydrogens (tertiary/aromatic N) is 2.